The van der Waals surface area contributed by atoms with Gasteiger partial charge in [0.05, 0.1) is 17.2 Å². The lowest BCUT2D eigenvalue weighted by Crippen LogP contribution is -2.38. The van der Waals surface area contributed by atoms with E-state index in [0.717, 1.165) is 17.5 Å². The maximum atomic E-state index is 12.7. The molecule has 160 valence electrons. The van der Waals surface area contributed by atoms with E-state index in [1.807, 2.05) is 30.3 Å². The lowest BCUT2D eigenvalue weighted by atomic mass is 10.1. The number of hydrogen-bond acceptors (Lipinski definition) is 6. The molecule has 1 atom stereocenters. The number of anilines is 1. The Bertz CT molecular complexity index is 1120. The summed E-state index contributed by atoms with van der Waals surface area (Å²) in [7, 11) is 1.64. The third kappa shape index (κ3) is 4.64. The molecule has 0 bridgehead atoms. The number of amides is 2. The molecule has 0 spiro atoms. The SMILES string of the molecule is COCCCN1Cc2cc(NC(=O)c3cnc4ccccc4n3)ccc2OC(C)C1=O. The molecular formula is C23H24N4O4. The van der Waals surface area contributed by atoms with E-state index in [4.69, 9.17) is 9.47 Å². The van der Waals surface area contributed by atoms with Gasteiger partial charge in [-0.15, -0.1) is 0 Å². The Balaban J connectivity index is 1.53. The Labute approximate surface area is 180 Å². The minimum atomic E-state index is -0.572. The number of methoxy groups -OCH3 is 1. The summed E-state index contributed by atoms with van der Waals surface area (Å²) in [5.74, 6) is 0.219. The van der Waals surface area contributed by atoms with Crippen molar-refractivity contribution in [3.8, 4) is 5.75 Å². The van der Waals surface area contributed by atoms with Crippen LogP contribution in [-0.4, -0.2) is 53.0 Å². The lowest BCUT2D eigenvalue weighted by molar-refractivity contribution is -0.137. The van der Waals surface area contributed by atoms with Crippen molar-refractivity contribution < 1.29 is 19.1 Å². The maximum Gasteiger partial charge on any atom is 0.275 e. The Morgan fingerprint density at radius 1 is 1.26 bits per heavy atom. The molecule has 8 nitrogen and oxygen atoms in total. The van der Waals surface area contributed by atoms with Gasteiger partial charge in [0, 0.05) is 38.1 Å². The van der Waals surface area contributed by atoms with Crippen LogP contribution >= 0.6 is 0 Å². The zero-order chi connectivity index (χ0) is 21.8. The van der Waals surface area contributed by atoms with Crippen LogP contribution < -0.4 is 10.1 Å². The molecule has 0 saturated heterocycles. The van der Waals surface area contributed by atoms with Gasteiger partial charge in [-0.2, -0.15) is 0 Å². The number of rotatable bonds is 6. The van der Waals surface area contributed by atoms with Crippen molar-refractivity contribution in [1.82, 2.24) is 14.9 Å². The summed E-state index contributed by atoms with van der Waals surface area (Å²) >= 11 is 0. The van der Waals surface area contributed by atoms with Crippen molar-refractivity contribution >= 4 is 28.5 Å². The van der Waals surface area contributed by atoms with Crippen LogP contribution in [0, 0.1) is 0 Å². The van der Waals surface area contributed by atoms with Crippen molar-refractivity contribution in [1.29, 1.82) is 0 Å². The van der Waals surface area contributed by atoms with Crippen LogP contribution in [0.5, 0.6) is 5.75 Å². The zero-order valence-electron chi connectivity index (χ0n) is 17.5. The van der Waals surface area contributed by atoms with Crippen molar-refractivity contribution in [2.45, 2.75) is 26.0 Å². The van der Waals surface area contributed by atoms with E-state index in [1.54, 1.807) is 31.1 Å². The fourth-order valence-electron chi connectivity index (χ4n) is 3.53. The molecule has 1 aromatic heterocycles. The van der Waals surface area contributed by atoms with Crippen molar-refractivity contribution in [3.05, 3.63) is 59.9 Å². The summed E-state index contributed by atoms with van der Waals surface area (Å²) in [5.41, 5.74) is 3.05. The maximum absolute atomic E-state index is 12.7. The Morgan fingerprint density at radius 2 is 2.06 bits per heavy atom. The van der Waals surface area contributed by atoms with Gasteiger partial charge >= 0.3 is 0 Å². The number of nitrogens with zero attached hydrogens (tertiary/aromatic N) is 3. The molecule has 4 rings (SSSR count). The topological polar surface area (TPSA) is 93.7 Å². The minimum absolute atomic E-state index is 0.0654. The summed E-state index contributed by atoms with van der Waals surface area (Å²) in [6.45, 7) is 3.30. The van der Waals surface area contributed by atoms with Crippen molar-refractivity contribution in [2.24, 2.45) is 0 Å². The molecule has 8 heteroatoms. The van der Waals surface area contributed by atoms with Crippen LogP contribution in [0.15, 0.2) is 48.7 Å². The second-order valence-corrected chi connectivity index (χ2v) is 7.39. The van der Waals surface area contributed by atoms with Crippen LogP contribution in [0.1, 0.15) is 29.4 Å². The number of carbonyl (C=O) groups is 2. The van der Waals surface area contributed by atoms with E-state index in [1.165, 1.54) is 6.20 Å². The second kappa shape index (κ2) is 9.09. The van der Waals surface area contributed by atoms with E-state index in [2.05, 4.69) is 15.3 Å². The van der Waals surface area contributed by atoms with Crippen LogP contribution in [0.2, 0.25) is 0 Å². The summed E-state index contributed by atoms with van der Waals surface area (Å²) in [4.78, 5) is 35.8. The number of carbonyl (C=O) groups excluding carboxylic acids is 2. The van der Waals surface area contributed by atoms with E-state index in [0.29, 0.717) is 36.6 Å². The minimum Gasteiger partial charge on any atom is -0.481 e. The molecule has 2 heterocycles. The molecule has 3 aromatic rings. The third-order valence-electron chi connectivity index (χ3n) is 5.10. The highest BCUT2D eigenvalue weighted by molar-refractivity contribution is 6.03. The first-order valence-corrected chi connectivity index (χ1v) is 10.2. The average Bonchev–Trinajstić information content (AvgIpc) is 2.90. The molecule has 0 aliphatic carbocycles. The van der Waals surface area contributed by atoms with Gasteiger partial charge in [0.1, 0.15) is 11.4 Å². The first kappa shape index (κ1) is 20.7. The lowest BCUT2D eigenvalue weighted by Gasteiger charge is -2.22. The number of benzene rings is 2. The van der Waals surface area contributed by atoms with Crippen LogP contribution in [0.4, 0.5) is 5.69 Å². The van der Waals surface area contributed by atoms with Crippen LogP contribution in [-0.2, 0) is 16.1 Å². The van der Waals surface area contributed by atoms with Crippen LogP contribution in [0.25, 0.3) is 11.0 Å². The molecular weight excluding hydrogens is 396 g/mol. The molecule has 0 fully saturated rings. The molecule has 1 aliphatic heterocycles. The number of ether oxygens (including phenoxy) is 2. The van der Waals surface area contributed by atoms with Gasteiger partial charge in [-0.3, -0.25) is 14.6 Å². The van der Waals surface area contributed by atoms with E-state index in [-0.39, 0.29) is 17.5 Å². The smallest absolute Gasteiger partial charge is 0.275 e. The fourth-order valence-corrected chi connectivity index (χ4v) is 3.53. The number of fused-ring (bicyclic) bond motifs is 2. The predicted octanol–water partition coefficient (Wildman–Crippen LogP) is 3.03. The normalized spacial score (nSPS) is 15.9. The van der Waals surface area contributed by atoms with Gasteiger partial charge in [0.2, 0.25) is 0 Å². The van der Waals surface area contributed by atoms with Gasteiger partial charge in [-0.1, -0.05) is 12.1 Å². The predicted molar refractivity (Wildman–Crippen MR) is 116 cm³/mol. The number of nitrogens with one attached hydrogen (secondary N) is 1. The Morgan fingerprint density at radius 3 is 2.87 bits per heavy atom. The molecule has 31 heavy (non-hydrogen) atoms. The largest absolute Gasteiger partial charge is 0.481 e. The molecule has 0 radical (unpaired) electrons. The summed E-state index contributed by atoms with van der Waals surface area (Å²) in [6, 6.07) is 12.7. The molecule has 2 aromatic carbocycles. The third-order valence-corrected chi connectivity index (χ3v) is 5.10. The molecule has 1 unspecified atom stereocenters. The van der Waals surface area contributed by atoms with Crippen LogP contribution in [0.3, 0.4) is 0 Å². The molecule has 2 amide bonds. The number of para-hydroxylation sites is 2. The number of aromatic nitrogens is 2. The van der Waals surface area contributed by atoms with Gasteiger partial charge in [0.25, 0.3) is 11.8 Å². The summed E-state index contributed by atoms with van der Waals surface area (Å²) in [5, 5.41) is 2.86. The first-order valence-electron chi connectivity index (χ1n) is 10.2. The highest BCUT2D eigenvalue weighted by atomic mass is 16.5. The van der Waals surface area contributed by atoms with Gasteiger partial charge in [0.15, 0.2) is 6.10 Å². The Kier molecular flexibility index (Phi) is 6.08. The number of hydrogen-bond donors (Lipinski definition) is 1. The quantitative estimate of drug-likeness (QED) is 0.616. The molecule has 1 N–H and O–H groups in total. The molecule has 0 saturated carbocycles. The van der Waals surface area contributed by atoms with Gasteiger partial charge < -0.3 is 19.7 Å². The average molecular weight is 420 g/mol. The van der Waals surface area contributed by atoms with Crippen molar-refractivity contribution in [2.75, 3.05) is 25.6 Å². The standard InChI is InChI=1S/C23H24N4O4/c1-15-23(29)27(10-5-11-30-2)14-16-12-17(8-9-21(16)31-15)25-22(28)20-13-24-18-6-3-4-7-19(18)26-20/h3-4,6-9,12-13,15H,5,10-11,14H2,1-2H3,(H,25,28). The fraction of sp³-hybridized carbons (Fsp3) is 0.304. The summed E-state index contributed by atoms with van der Waals surface area (Å²) < 4.78 is 10.9. The van der Waals surface area contributed by atoms with E-state index in [9.17, 15) is 9.59 Å². The highest BCUT2D eigenvalue weighted by Gasteiger charge is 2.27. The Hall–Kier alpha value is -3.52. The first-order chi connectivity index (χ1) is 15.0. The van der Waals surface area contributed by atoms with Crippen molar-refractivity contribution in [3.63, 3.8) is 0 Å². The van der Waals surface area contributed by atoms with Gasteiger partial charge in [-0.25, -0.2) is 4.98 Å². The van der Waals surface area contributed by atoms with Gasteiger partial charge in [-0.05, 0) is 43.7 Å². The second-order valence-electron chi connectivity index (χ2n) is 7.39. The molecule has 1 aliphatic rings. The zero-order valence-corrected chi connectivity index (χ0v) is 17.5. The van der Waals surface area contributed by atoms with E-state index >= 15 is 0 Å². The van der Waals surface area contributed by atoms with E-state index < -0.39 is 6.10 Å². The summed E-state index contributed by atoms with van der Waals surface area (Å²) in [6.07, 6.45) is 1.63. The highest BCUT2D eigenvalue weighted by Crippen LogP contribution is 2.29. The monoisotopic (exact) mass is 420 g/mol.